The van der Waals surface area contributed by atoms with E-state index in [9.17, 15) is 4.79 Å². The monoisotopic (exact) mass is 186 g/mol. The molecule has 0 fully saturated rings. The summed E-state index contributed by atoms with van der Waals surface area (Å²) in [6, 6.07) is 0. The van der Waals surface area contributed by atoms with Crippen LogP contribution in [0.15, 0.2) is 0 Å². The Labute approximate surface area is 81.7 Å². The quantitative estimate of drug-likeness (QED) is 0.675. The second-order valence-electron chi connectivity index (χ2n) is 5.20. The van der Waals surface area contributed by atoms with Gasteiger partial charge < -0.3 is 4.74 Å². The summed E-state index contributed by atoms with van der Waals surface area (Å²) >= 11 is 0. The third kappa shape index (κ3) is 5.04. The minimum Gasteiger partial charge on any atom is -0.371 e. The summed E-state index contributed by atoms with van der Waals surface area (Å²) in [6.07, 6.45) is 1.52. The van der Waals surface area contributed by atoms with Crippen molar-refractivity contribution in [1.29, 1.82) is 0 Å². The van der Waals surface area contributed by atoms with Crippen LogP contribution in [0.2, 0.25) is 0 Å². The fraction of sp³-hybridized carbons (Fsp3) is 0.909. The van der Waals surface area contributed by atoms with Crippen molar-refractivity contribution in [3.63, 3.8) is 0 Å². The molecular formula is C11H22O2. The van der Waals surface area contributed by atoms with Crippen molar-refractivity contribution in [3.05, 3.63) is 0 Å². The Balaban J connectivity index is 4.03. The molecule has 0 unspecified atom stereocenters. The van der Waals surface area contributed by atoms with E-state index in [0.29, 0.717) is 6.42 Å². The molecule has 2 nitrogen and oxygen atoms in total. The van der Waals surface area contributed by atoms with E-state index >= 15 is 0 Å². The maximum absolute atomic E-state index is 11.6. The summed E-state index contributed by atoms with van der Waals surface area (Å²) in [5.41, 5.74) is -0.398. The zero-order chi connectivity index (χ0) is 10.7. The highest BCUT2D eigenvalue weighted by Gasteiger charge is 2.27. The molecule has 0 heterocycles. The van der Waals surface area contributed by atoms with Crippen LogP contribution in [0.3, 0.4) is 0 Å². The number of carbonyl (C=O) groups is 1. The predicted molar refractivity (Wildman–Crippen MR) is 54.8 cm³/mol. The molecule has 78 valence electrons. The van der Waals surface area contributed by atoms with Gasteiger partial charge in [0.25, 0.3) is 0 Å². The molecule has 0 aliphatic carbocycles. The molecular weight excluding hydrogens is 164 g/mol. The summed E-state index contributed by atoms with van der Waals surface area (Å²) in [6.45, 7) is 10.1. The van der Waals surface area contributed by atoms with Crippen LogP contribution in [-0.4, -0.2) is 18.5 Å². The highest BCUT2D eigenvalue weighted by molar-refractivity contribution is 5.86. The molecule has 2 heteroatoms. The molecule has 0 rings (SSSR count). The molecule has 0 aliphatic heterocycles. The van der Waals surface area contributed by atoms with Gasteiger partial charge in [-0.15, -0.1) is 0 Å². The Morgan fingerprint density at radius 2 is 1.62 bits per heavy atom. The topological polar surface area (TPSA) is 26.3 Å². The molecule has 0 saturated heterocycles. The first-order valence-electron chi connectivity index (χ1n) is 4.77. The second-order valence-corrected chi connectivity index (χ2v) is 5.20. The number of hydrogen-bond donors (Lipinski definition) is 0. The van der Waals surface area contributed by atoms with Crippen LogP contribution in [0, 0.1) is 5.41 Å². The zero-order valence-corrected chi connectivity index (χ0v) is 9.73. The molecule has 0 aromatic carbocycles. The van der Waals surface area contributed by atoms with Crippen LogP contribution in [0.5, 0.6) is 0 Å². The van der Waals surface area contributed by atoms with E-state index < -0.39 is 5.60 Å². The maximum Gasteiger partial charge on any atom is 0.164 e. The Kier molecular flexibility index (Phi) is 4.11. The fourth-order valence-electron chi connectivity index (χ4n) is 0.903. The van der Waals surface area contributed by atoms with Crippen LogP contribution < -0.4 is 0 Å². The van der Waals surface area contributed by atoms with Crippen molar-refractivity contribution >= 4 is 5.78 Å². The lowest BCUT2D eigenvalue weighted by Crippen LogP contribution is -2.34. The minimum absolute atomic E-state index is 0.185. The largest absolute Gasteiger partial charge is 0.371 e. The summed E-state index contributed by atoms with van der Waals surface area (Å²) in [5, 5.41) is 0. The molecule has 0 spiro atoms. The van der Waals surface area contributed by atoms with Crippen molar-refractivity contribution in [1.82, 2.24) is 0 Å². The third-order valence-corrected chi connectivity index (χ3v) is 2.28. The summed E-state index contributed by atoms with van der Waals surface area (Å²) in [7, 11) is 1.58. The van der Waals surface area contributed by atoms with Gasteiger partial charge in [0.1, 0.15) is 5.60 Å². The van der Waals surface area contributed by atoms with Crippen molar-refractivity contribution < 1.29 is 9.53 Å². The lowest BCUT2D eigenvalue weighted by molar-refractivity contribution is -0.137. The molecule has 0 aromatic heterocycles. The number of carbonyl (C=O) groups excluding carboxylic acids is 1. The Morgan fingerprint density at radius 1 is 1.15 bits per heavy atom. The summed E-state index contributed by atoms with van der Waals surface area (Å²) in [4.78, 5) is 11.6. The van der Waals surface area contributed by atoms with Gasteiger partial charge in [-0.1, -0.05) is 20.8 Å². The van der Waals surface area contributed by atoms with Gasteiger partial charge in [-0.2, -0.15) is 0 Å². The molecule has 0 bridgehead atoms. The van der Waals surface area contributed by atoms with E-state index in [2.05, 4.69) is 20.8 Å². The molecule has 0 atom stereocenters. The van der Waals surface area contributed by atoms with E-state index in [4.69, 9.17) is 4.74 Å². The smallest absolute Gasteiger partial charge is 0.164 e. The number of methoxy groups -OCH3 is 1. The number of hydrogen-bond acceptors (Lipinski definition) is 2. The van der Waals surface area contributed by atoms with Crippen molar-refractivity contribution in [2.45, 2.75) is 53.1 Å². The van der Waals surface area contributed by atoms with E-state index in [0.717, 1.165) is 6.42 Å². The average molecular weight is 186 g/mol. The molecule has 0 amide bonds. The zero-order valence-electron chi connectivity index (χ0n) is 9.73. The first kappa shape index (κ1) is 12.6. The lowest BCUT2D eigenvalue weighted by atomic mass is 9.87. The van der Waals surface area contributed by atoms with Gasteiger partial charge in [-0.25, -0.2) is 0 Å². The Morgan fingerprint density at radius 3 is 1.92 bits per heavy atom. The van der Waals surface area contributed by atoms with Crippen molar-refractivity contribution in [2.75, 3.05) is 7.11 Å². The van der Waals surface area contributed by atoms with Crippen LogP contribution in [0.1, 0.15) is 47.5 Å². The molecule has 0 aromatic rings. The highest BCUT2D eigenvalue weighted by Crippen LogP contribution is 2.23. The Hall–Kier alpha value is -0.370. The van der Waals surface area contributed by atoms with E-state index in [1.807, 2.05) is 13.8 Å². The number of rotatable bonds is 4. The standard InChI is InChI=1S/C11H22O2/c1-10(2,3)8-7-9(12)11(4,5)13-6/h7-8H2,1-6H3. The SMILES string of the molecule is COC(C)(C)C(=O)CCC(C)(C)C. The van der Waals surface area contributed by atoms with Gasteiger partial charge in [-0.3, -0.25) is 4.79 Å². The minimum atomic E-state index is -0.620. The van der Waals surface area contributed by atoms with Crippen LogP contribution in [0.25, 0.3) is 0 Å². The molecule has 13 heavy (non-hydrogen) atoms. The van der Waals surface area contributed by atoms with Gasteiger partial charge in [0.05, 0.1) is 0 Å². The summed E-state index contributed by atoms with van der Waals surface area (Å²) in [5.74, 6) is 0.185. The predicted octanol–water partition coefficient (Wildman–Crippen LogP) is 2.81. The first-order chi connectivity index (χ1) is 5.69. The van der Waals surface area contributed by atoms with Crippen molar-refractivity contribution in [2.24, 2.45) is 5.41 Å². The Bertz CT molecular complexity index is 175. The van der Waals surface area contributed by atoms with E-state index in [1.165, 1.54) is 0 Å². The maximum atomic E-state index is 11.6. The third-order valence-electron chi connectivity index (χ3n) is 2.28. The molecule has 0 radical (unpaired) electrons. The van der Waals surface area contributed by atoms with Gasteiger partial charge in [0.2, 0.25) is 0 Å². The van der Waals surface area contributed by atoms with Crippen LogP contribution in [0.4, 0.5) is 0 Å². The van der Waals surface area contributed by atoms with Gasteiger partial charge >= 0.3 is 0 Å². The highest BCUT2D eigenvalue weighted by atomic mass is 16.5. The number of ether oxygens (including phenoxy) is 1. The summed E-state index contributed by atoms with van der Waals surface area (Å²) < 4.78 is 5.12. The van der Waals surface area contributed by atoms with Crippen LogP contribution >= 0.6 is 0 Å². The van der Waals surface area contributed by atoms with Crippen LogP contribution in [-0.2, 0) is 9.53 Å². The molecule has 0 aliphatic rings. The van der Waals surface area contributed by atoms with Gasteiger partial charge in [0.15, 0.2) is 5.78 Å². The van der Waals surface area contributed by atoms with Crippen molar-refractivity contribution in [3.8, 4) is 0 Å². The number of ketones is 1. The number of Topliss-reactive ketones (excluding diaryl/α,β-unsaturated/α-hetero) is 1. The van der Waals surface area contributed by atoms with Gasteiger partial charge in [-0.05, 0) is 25.7 Å². The molecule has 0 saturated carbocycles. The fourth-order valence-corrected chi connectivity index (χ4v) is 0.903. The normalized spacial score (nSPS) is 13.1. The lowest BCUT2D eigenvalue weighted by Gasteiger charge is -2.24. The average Bonchev–Trinajstić information content (AvgIpc) is 1.98. The van der Waals surface area contributed by atoms with E-state index in [1.54, 1.807) is 7.11 Å². The first-order valence-corrected chi connectivity index (χ1v) is 4.77. The molecule has 0 N–H and O–H groups in total. The van der Waals surface area contributed by atoms with E-state index in [-0.39, 0.29) is 11.2 Å². The van der Waals surface area contributed by atoms with Gasteiger partial charge in [0, 0.05) is 13.5 Å². The second kappa shape index (κ2) is 4.23.